The molecule has 6 heteroatoms. The molecule has 128 valence electrons. The summed E-state index contributed by atoms with van der Waals surface area (Å²) in [5.74, 6) is 0.439. The number of hydrogen-bond donors (Lipinski definition) is 2. The number of fused-ring (bicyclic) bond motifs is 1. The molecule has 2 heterocycles. The van der Waals surface area contributed by atoms with E-state index in [1.54, 1.807) is 0 Å². The summed E-state index contributed by atoms with van der Waals surface area (Å²) in [4.78, 5) is 23.2. The van der Waals surface area contributed by atoms with Crippen LogP contribution in [0.1, 0.15) is 32.5 Å². The number of rotatable bonds is 6. The second-order valence-corrected chi connectivity index (χ2v) is 6.69. The van der Waals surface area contributed by atoms with E-state index in [9.17, 15) is 9.90 Å². The minimum Gasteiger partial charge on any atom is -0.480 e. The third kappa shape index (κ3) is 3.64. The van der Waals surface area contributed by atoms with Gasteiger partial charge in [0, 0.05) is 5.39 Å². The SMILES string of the molecule is CC(C)C(Nc1nc(CN2CCCC2)nc2ccccc12)C(=O)O. The Bertz CT molecular complexity index is 726. The number of aliphatic carboxylic acids is 1. The van der Waals surface area contributed by atoms with Crippen LogP contribution in [0.3, 0.4) is 0 Å². The van der Waals surface area contributed by atoms with Crippen LogP contribution in [-0.4, -0.2) is 45.1 Å². The second kappa shape index (κ2) is 7.13. The Morgan fingerprint density at radius 2 is 1.96 bits per heavy atom. The summed E-state index contributed by atoms with van der Waals surface area (Å²) in [5.41, 5.74) is 0.845. The number of benzene rings is 1. The Morgan fingerprint density at radius 1 is 1.25 bits per heavy atom. The molecule has 0 radical (unpaired) electrons. The van der Waals surface area contributed by atoms with Crippen molar-refractivity contribution in [2.24, 2.45) is 5.92 Å². The summed E-state index contributed by atoms with van der Waals surface area (Å²) in [6.07, 6.45) is 2.43. The zero-order chi connectivity index (χ0) is 17.1. The minimum absolute atomic E-state index is 0.0433. The standard InChI is InChI=1S/C18H24N4O2/c1-12(2)16(18(23)24)21-17-13-7-3-4-8-14(13)19-15(20-17)11-22-9-5-6-10-22/h3-4,7-8,12,16H,5-6,9-11H2,1-2H3,(H,23,24)(H,19,20,21). The van der Waals surface area contributed by atoms with Crippen LogP contribution in [0.15, 0.2) is 24.3 Å². The molecule has 1 aromatic carbocycles. The Hall–Kier alpha value is -2.21. The van der Waals surface area contributed by atoms with Crippen molar-refractivity contribution in [3.8, 4) is 0 Å². The number of anilines is 1. The fraction of sp³-hybridized carbons (Fsp3) is 0.500. The molecule has 0 amide bonds. The van der Waals surface area contributed by atoms with E-state index in [-0.39, 0.29) is 5.92 Å². The summed E-state index contributed by atoms with van der Waals surface area (Å²) in [6, 6.07) is 7.05. The van der Waals surface area contributed by atoms with Crippen molar-refractivity contribution in [3.63, 3.8) is 0 Å². The van der Waals surface area contributed by atoms with E-state index in [2.05, 4.69) is 20.2 Å². The topological polar surface area (TPSA) is 78.4 Å². The lowest BCUT2D eigenvalue weighted by Gasteiger charge is -2.21. The highest BCUT2D eigenvalue weighted by Crippen LogP contribution is 2.23. The molecule has 6 nitrogen and oxygen atoms in total. The summed E-state index contributed by atoms with van der Waals surface area (Å²) >= 11 is 0. The first-order chi connectivity index (χ1) is 11.5. The third-order valence-corrected chi connectivity index (χ3v) is 4.44. The lowest BCUT2D eigenvalue weighted by atomic mass is 10.0. The molecule has 2 N–H and O–H groups in total. The maximum Gasteiger partial charge on any atom is 0.326 e. The van der Waals surface area contributed by atoms with Crippen LogP contribution in [0.4, 0.5) is 5.82 Å². The lowest BCUT2D eigenvalue weighted by Crippen LogP contribution is -2.35. The van der Waals surface area contributed by atoms with Gasteiger partial charge in [0.25, 0.3) is 0 Å². The first kappa shape index (κ1) is 16.6. The smallest absolute Gasteiger partial charge is 0.326 e. The van der Waals surface area contributed by atoms with E-state index in [0.717, 1.165) is 29.8 Å². The molecule has 0 aliphatic carbocycles. The zero-order valence-electron chi connectivity index (χ0n) is 14.2. The molecule has 1 fully saturated rings. The molecule has 1 aliphatic rings. The first-order valence-electron chi connectivity index (χ1n) is 8.52. The van der Waals surface area contributed by atoms with Gasteiger partial charge in [0.2, 0.25) is 0 Å². The average molecular weight is 328 g/mol. The Kier molecular flexibility index (Phi) is 4.94. The highest BCUT2D eigenvalue weighted by atomic mass is 16.4. The van der Waals surface area contributed by atoms with Gasteiger partial charge in [-0.05, 0) is 44.0 Å². The number of carboxylic acids is 1. The number of aromatic nitrogens is 2. The molecule has 1 aromatic heterocycles. The van der Waals surface area contributed by atoms with Gasteiger partial charge in [0.1, 0.15) is 17.7 Å². The van der Waals surface area contributed by atoms with Gasteiger partial charge in [-0.2, -0.15) is 0 Å². The summed E-state index contributed by atoms with van der Waals surface area (Å²) in [5, 5.41) is 13.4. The monoisotopic (exact) mass is 328 g/mol. The number of carboxylic acid groups (broad SMARTS) is 1. The molecule has 1 aliphatic heterocycles. The van der Waals surface area contributed by atoms with E-state index >= 15 is 0 Å². The van der Waals surface area contributed by atoms with Crippen LogP contribution in [0.2, 0.25) is 0 Å². The van der Waals surface area contributed by atoms with Gasteiger partial charge in [-0.3, -0.25) is 4.90 Å². The van der Waals surface area contributed by atoms with E-state index in [0.29, 0.717) is 12.4 Å². The van der Waals surface area contributed by atoms with E-state index < -0.39 is 12.0 Å². The highest BCUT2D eigenvalue weighted by molar-refractivity contribution is 5.91. The lowest BCUT2D eigenvalue weighted by molar-refractivity contribution is -0.138. The summed E-state index contributed by atoms with van der Waals surface area (Å²) < 4.78 is 0. The number of nitrogens with zero attached hydrogens (tertiary/aromatic N) is 3. The van der Waals surface area contributed by atoms with Gasteiger partial charge in [0.15, 0.2) is 0 Å². The minimum atomic E-state index is -0.867. The third-order valence-electron chi connectivity index (χ3n) is 4.44. The van der Waals surface area contributed by atoms with Crippen molar-refractivity contribution >= 4 is 22.7 Å². The van der Waals surface area contributed by atoms with Crippen molar-refractivity contribution in [1.29, 1.82) is 0 Å². The highest BCUT2D eigenvalue weighted by Gasteiger charge is 2.23. The maximum atomic E-state index is 11.5. The molecule has 24 heavy (non-hydrogen) atoms. The van der Waals surface area contributed by atoms with Crippen LogP contribution in [0, 0.1) is 5.92 Å². The van der Waals surface area contributed by atoms with Crippen molar-refractivity contribution in [2.75, 3.05) is 18.4 Å². The number of hydrogen-bond acceptors (Lipinski definition) is 5. The summed E-state index contributed by atoms with van der Waals surface area (Å²) in [6.45, 7) is 6.63. The average Bonchev–Trinajstić information content (AvgIpc) is 3.04. The van der Waals surface area contributed by atoms with Crippen molar-refractivity contribution in [1.82, 2.24) is 14.9 Å². The number of likely N-dealkylation sites (tertiary alicyclic amines) is 1. The fourth-order valence-corrected chi connectivity index (χ4v) is 3.11. The second-order valence-electron chi connectivity index (χ2n) is 6.69. The van der Waals surface area contributed by atoms with E-state index in [1.807, 2.05) is 38.1 Å². The van der Waals surface area contributed by atoms with Gasteiger partial charge >= 0.3 is 5.97 Å². The van der Waals surface area contributed by atoms with Crippen molar-refractivity contribution in [2.45, 2.75) is 39.3 Å². The van der Waals surface area contributed by atoms with Gasteiger partial charge in [-0.1, -0.05) is 26.0 Å². The van der Waals surface area contributed by atoms with Crippen LogP contribution >= 0.6 is 0 Å². The maximum absolute atomic E-state index is 11.5. The molecular weight excluding hydrogens is 304 g/mol. The zero-order valence-corrected chi connectivity index (χ0v) is 14.2. The van der Waals surface area contributed by atoms with E-state index in [4.69, 9.17) is 0 Å². The molecule has 1 unspecified atom stereocenters. The quantitative estimate of drug-likeness (QED) is 0.849. The van der Waals surface area contributed by atoms with Crippen molar-refractivity contribution in [3.05, 3.63) is 30.1 Å². The molecule has 0 saturated carbocycles. The van der Waals surface area contributed by atoms with Crippen LogP contribution in [0.25, 0.3) is 10.9 Å². The number of carbonyl (C=O) groups is 1. The molecular formula is C18H24N4O2. The van der Waals surface area contributed by atoms with Crippen LogP contribution in [0.5, 0.6) is 0 Å². The van der Waals surface area contributed by atoms with Crippen LogP contribution < -0.4 is 5.32 Å². The predicted octanol–water partition coefficient (Wildman–Crippen LogP) is 2.75. The van der Waals surface area contributed by atoms with Crippen LogP contribution in [-0.2, 0) is 11.3 Å². The number of para-hydroxylation sites is 1. The van der Waals surface area contributed by atoms with E-state index in [1.165, 1.54) is 12.8 Å². The molecule has 1 saturated heterocycles. The predicted molar refractivity (Wildman–Crippen MR) is 93.9 cm³/mol. The Morgan fingerprint density at radius 3 is 2.62 bits per heavy atom. The van der Waals surface area contributed by atoms with Gasteiger partial charge in [-0.15, -0.1) is 0 Å². The van der Waals surface area contributed by atoms with Gasteiger partial charge in [0.05, 0.1) is 12.1 Å². The molecule has 0 bridgehead atoms. The van der Waals surface area contributed by atoms with Gasteiger partial charge in [-0.25, -0.2) is 14.8 Å². The molecule has 1 atom stereocenters. The van der Waals surface area contributed by atoms with Gasteiger partial charge < -0.3 is 10.4 Å². The Labute approximate surface area is 141 Å². The number of nitrogens with one attached hydrogen (secondary N) is 1. The molecule has 0 spiro atoms. The Balaban J connectivity index is 1.95. The summed E-state index contributed by atoms with van der Waals surface area (Å²) in [7, 11) is 0. The first-order valence-corrected chi connectivity index (χ1v) is 8.52. The molecule has 2 aromatic rings. The normalized spacial score (nSPS) is 16.6. The van der Waals surface area contributed by atoms with Crippen molar-refractivity contribution < 1.29 is 9.90 Å². The largest absolute Gasteiger partial charge is 0.480 e. The molecule has 3 rings (SSSR count). The fourth-order valence-electron chi connectivity index (χ4n) is 3.11.